The molecule has 19 heavy (non-hydrogen) atoms. The van der Waals surface area contributed by atoms with E-state index in [1.165, 1.54) is 60.3 Å². The average molecular weight is 250 g/mol. The molecule has 0 aliphatic carbocycles. The van der Waals surface area contributed by atoms with E-state index in [4.69, 9.17) is 5.73 Å². The van der Waals surface area contributed by atoms with Crippen LogP contribution in [0.25, 0.3) is 11.1 Å². The topological polar surface area (TPSA) is 29.3 Å². The SMILES string of the molecule is Nc1cccc(-c2cc3c4c(c2)CCN4CCC3)c1. The zero-order valence-electron chi connectivity index (χ0n) is 11.0. The van der Waals surface area contributed by atoms with Crippen molar-refractivity contribution in [3.8, 4) is 11.1 Å². The lowest BCUT2D eigenvalue weighted by Crippen LogP contribution is -2.26. The fourth-order valence-electron chi connectivity index (χ4n) is 3.48. The quantitative estimate of drug-likeness (QED) is 0.787. The van der Waals surface area contributed by atoms with Gasteiger partial charge in [0, 0.05) is 24.5 Å². The molecule has 2 N–H and O–H groups in total. The van der Waals surface area contributed by atoms with Gasteiger partial charge in [-0.15, -0.1) is 0 Å². The van der Waals surface area contributed by atoms with Gasteiger partial charge in [0.05, 0.1) is 0 Å². The lowest BCUT2D eigenvalue weighted by Gasteiger charge is -2.27. The Labute approximate surface area is 113 Å². The van der Waals surface area contributed by atoms with Crippen LogP contribution in [0, 0.1) is 0 Å². The minimum absolute atomic E-state index is 0.841. The minimum Gasteiger partial charge on any atom is -0.399 e. The molecule has 2 aromatic carbocycles. The molecule has 0 atom stereocenters. The molecule has 0 saturated carbocycles. The van der Waals surface area contributed by atoms with Gasteiger partial charge in [0.1, 0.15) is 0 Å². The summed E-state index contributed by atoms with van der Waals surface area (Å²) in [6.45, 7) is 2.43. The maximum absolute atomic E-state index is 5.90. The molecular formula is C17H18N2. The maximum Gasteiger partial charge on any atom is 0.0432 e. The second-order valence-electron chi connectivity index (χ2n) is 5.61. The lowest BCUT2D eigenvalue weighted by molar-refractivity contribution is 0.719. The van der Waals surface area contributed by atoms with Crippen molar-refractivity contribution in [1.82, 2.24) is 0 Å². The van der Waals surface area contributed by atoms with E-state index in [1.807, 2.05) is 12.1 Å². The number of aryl methyl sites for hydroxylation is 1. The first-order valence-corrected chi connectivity index (χ1v) is 7.08. The molecule has 0 radical (unpaired) electrons. The van der Waals surface area contributed by atoms with Crippen LogP contribution in [0.2, 0.25) is 0 Å². The van der Waals surface area contributed by atoms with Crippen LogP contribution in [0.3, 0.4) is 0 Å². The molecule has 2 aliphatic rings. The molecule has 0 amide bonds. The van der Waals surface area contributed by atoms with Crippen LogP contribution in [0.5, 0.6) is 0 Å². The Kier molecular flexibility index (Phi) is 2.31. The maximum atomic E-state index is 5.90. The summed E-state index contributed by atoms with van der Waals surface area (Å²) in [5, 5.41) is 0. The van der Waals surface area contributed by atoms with E-state index in [1.54, 1.807) is 0 Å². The van der Waals surface area contributed by atoms with E-state index < -0.39 is 0 Å². The zero-order chi connectivity index (χ0) is 12.8. The van der Waals surface area contributed by atoms with Gasteiger partial charge < -0.3 is 10.6 Å². The summed E-state index contributed by atoms with van der Waals surface area (Å²) in [5.41, 5.74) is 13.9. The molecule has 2 nitrogen and oxygen atoms in total. The minimum atomic E-state index is 0.841. The number of nitrogen functional groups attached to an aromatic ring is 1. The van der Waals surface area contributed by atoms with Gasteiger partial charge in [-0.05, 0) is 65.8 Å². The molecule has 2 heterocycles. The van der Waals surface area contributed by atoms with Gasteiger partial charge in [-0.1, -0.05) is 12.1 Å². The highest BCUT2D eigenvalue weighted by Crippen LogP contribution is 2.39. The average Bonchev–Trinajstić information content (AvgIpc) is 2.84. The molecule has 96 valence electrons. The van der Waals surface area contributed by atoms with Crippen molar-refractivity contribution >= 4 is 11.4 Å². The van der Waals surface area contributed by atoms with E-state index in [-0.39, 0.29) is 0 Å². The Morgan fingerprint density at radius 2 is 1.74 bits per heavy atom. The smallest absolute Gasteiger partial charge is 0.0432 e. The summed E-state index contributed by atoms with van der Waals surface area (Å²) in [4.78, 5) is 2.55. The highest BCUT2D eigenvalue weighted by molar-refractivity contribution is 5.75. The highest BCUT2D eigenvalue weighted by atomic mass is 15.2. The first-order valence-electron chi connectivity index (χ1n) is 7.08. The Balaban J connectivity index is 1.87. The second kappa shape index (κ2) is 4.02. The van der Waals surface area contributed by atoms with Gasteiger partial charge in [-0.3, -0.25) is 0 Å². The second-order valence-corrected chi connectivity index (χ2v) is 5.61. The Hall–Kier alpha value is -1.96. The van der Waals surface area contributed by atoms with Crippen molar-refractivity contribution in [3.63, 3.8) is 0 Å². The van der Waals surface area contributed by atoms with Crippen molar-refractivity contribution in [2.24, 2.45) is 0 Å². The predicted octanol–water partition coefficient (Wildman–Crippen LogP) is 3.24. The molecule has 0 aromatic heterocycles. The summed E-state index contributed by atoms with van der Waals surface area (Å²) in [5.74, 6) is 0. The normalized spacial score (nSPS) is 16.5. The molecular weight excluding hydrogens is 232 g/mol. The molecule has 2 heteroatoms. The molecule has 4 rings (SSSR count). The van der Waals surface area contributed by atoms with E-state index >= 15 is 0 Å². The standard InChI is InChI=1S/C17H18N2/c18-16-5-1-3-12(11-16)15-9-13-4-2-7-19-8-6-14(10-15)17(13)19/h1,3,5,9-11H,2,4,6-8,18H2. The van der Waals surface area contributed by atoms with E-state index in [0.717, 1.165) is 5.69 Å². The number of hydrogen-bond donors (Lipinski definition) is 1. The van der Waals surface area contributed by atoms with Crippen molar-refractivity contribution in [3.05, 3.63) is 47.5 Å². The third kappa shape index (κ3) is 1.71. The van der Waals surface area contributed by atoms with E-state index in [0.29, 0.717) is 0 Å². The number of hydrogen-bond acceptors (Lipinski definition) is 2. The molecule has 2 aromatic rings. The third-order valence-electron chi connectivity index (χ3n) is 4.33. The van der Waals surface area contributed by atoms with E-state index in [9.17, 15) is 0 Å². The number of nitrogens with zero attached hydrogens (tertiary/aromatic N) is 1. The zero-order valence-corrected chi connectivity index (χ0v) is 11.0. The molecule has 0 saturated heterocycles. The predicted molar refractivity (Wildman–Crippen MR) is 80.5 cm³/mol. The Morgan fingerprint density at radius 3 is 2.58 bits per heavy atom. The van der Waals surface area contributed by atoms with Crippen LogP contribution >= 0.6 is 0 Å². The van der Waals surface area contributed by atoms with Gasteiger partial charge in [-0.2, -0.15) is 0 Å². The van der Waals surface area contributed by atoms with E-state index in [2.05, 4.69) is 29.2 Å². The van der Waals surface area contributed by atoms with Crippen molar-refractivity contribution < 1.29 is 0 Å². The summed E-state index contributed by atoms with van der Waals surface area (Å²) in [7, 11) is 0. The first kappa shape index (κ1) is 10.9. The van der Waals surface area contributed by atoms with Crippen molar-refractivity contribution in [1.29, 1.82) is 0 Å². The van der Waals surface area contributed by atoms with Crippen LogP contribution in [-0.2, 0) is 12.8 Å². The van der Waals surface area contributed by atoms with Gasteiger partial charge in [0.25, 0.3) is 0 Å². The fraction of sp³-hybridized carbons (Fsp3) is 0.294. The monoisotopic (exact) mass is 250 g/mol. The number of rotatable bonds is 1. The van der Waals surface area contributed by atoms with Crippen LogP contribution in [0.4, 0.5) is 11.4 Å². The first-order chi connectivity index (χ1) is 9.31. The van der Waals surface area contributed by atoms with Crippen LogP contribution in [-0.4, -0.2) is 13.1 Å². The van der Waals surface area contributed by atoms with Crippen LogP contribution in [0.15, 0.2) is 36.4 Å². The molecule has 0 bridgehead atoms. The Bertz CT molecular complexity index is 646. The molecule has 0 fully saturated rings. The van der Waals surface area contributed by atoms with Gasteiger partial charge >= 0.3 is 0 Å². The number of nitrogens with two attached hydrogens (primary N) is 1. The van der Waals surface area contributed by atoms with Crippen LogP contribution in [0.1, 0.15) is 17.5 Å². The third-order valence-corrected chi connectivity index (χ3v) is 4.33. The lowest BCUT2D eigenvalue weighted by atomic mass is 9.94. The highest BCUT2D eigenvalue weighted by Gasteiger charge is 2.26. The number of anilines is 2. The van der Waals surface area contributed by atoms with Gasteiger partial charge in [0.2, 0.25) is 0 Å². The Morgan fingerprint density at radius 1 is 0.895 bits per heavy atom. The summed E-state index contributed by atoms with van der Waals surface area (Å²) >= 11 is 0. The van der Waals surface area contributed by atoms with Crippen LogP contribution < -0.4 is 10.6 Å². The summed E-state index contributed by atoms with van der Waals surface area (Å²) in [6, 6.07) is 12.9. The summed E-state index contributed by atoms with van der Waals surface area (Å²) < 4.78 is 0. The largest absolute Gasteiger partial charge is 0.399 e. The van der Waals surface area contributed by atoms with Crippen molar-refractivity contribution in [2.45, 2.75) is 19.3 Å². The molecule has 0 spiro atoms. The molecule has 0 unspecified atom stereocenters. The van der Waals surface area contributed by atoms with Gasteiger partial charge in [-0.25, -0.2) is 0 Å². The summed E-state index contributed by atoms with van der Waals surface area (Å²) in [6.07, 6.45) is 3.69. The molecule has 2 aliphatic heterocycles. The fourth-order valence-corrected chi connectivity index (χ4v) is 3.48. The van der Waals surface area contributed by atoms with Gasteiger partial charge in [0.15, 0.2) is 0 Å². The number of benzene rings is 2. The van der Waals surface area contributed by atoms with Crippen molar-refractivity contribution in [2.75, 3.05) is 23.7 Å².